The van der Waals surface area contributed by atoms with E-state index in [1.807, 2.05) is 6.92 Å². The molecule has 92 valence electrons. The zero-order chi connectivity index (χ0) is 11.6. The molecule has 0 atom stereocenters. The lowest BCUT2D eigenvalue weighted by Crippen LogP contribution is -2.11. The lowest BCUT2D eigenvalue weighted by atomic mass is 10.2. The average molecular weight is 226 g/mol. The van der Waals surface area contributed by atoms with E-state index in [1.165, 1.54) is 19.3 Å². The van der Waals surface area contributed by atoms with Gasteiger partial charge in [0, 0.05) is 6.54 Å². The standard InChI is InChI=1S/C11H22N4O/c1-3-5-6-7-8-13-11-15-14-10(16-11)9-12-4-2/h12H,3-9H2,1-2H3,(H,13,15). The van der Waals surface area contributed by atoms with Gasteiger partial charge in [-0.2, -0.15) is 0 Å². The fourth-order valence-electron chi connectivity index (χ4n) is 1.38. The topological polar surface area (TPSA) is 63.0 Å². The molecule has 1 rings (SSSR count). The number of aromatic nitrogens is 2. The van der Waals surface area contributed by atoms with Crippen molar-refractivity contribution in [1.82, 2.24) is 15.5 Å². The van der Waals surface area contributed by atoms with E-state index < -0.39 is 0 Å². The second-order valence-corrected chi connectivity index (χ2v) is 3.77. The van der Waals surface area contributed by atoms with Crippen LogP contribution in [0.25, 0.3) is 0 Å². The fourth-order valence-corrected chi connectivity index (χ4v) is 1.38. The van der Waals surface area contributed by atoms with Gasteiger partial charge in [0.2, 0.25) is 5.89 Å². The number of unbranched alkanes of at least 4 members (excludes halogenated alkanes) is 3. The van der Waals surface area contributed by atoms with E-state index in [4.69, 9.17) is 4.42 Å². The van der Waals surface area contributed by atoms with Crippen molar-refractivity contribution in [1.29, 1.82) is 0 Å². The molecule has 1 heterocycles. The van der Waals surface area contributed by atoms with Gasteiger partial charge in [-0.1, -0.05) is 38.2 Å². The van der Waals surface area contributed by atoms with E-state index in [0.29, 0.717) is 18.5 Å². The average Bonchev–Trinajstić information content (AvgIpc) is 2.74. The molecule has 1 aromatic heterocycles. The molecule has 1 aromatic rings. The lowest BCUT2D eigenvalue weighted by Gasteiger charge is -2.00. The Morgan fingerprint density at radius 2 is 2.00 bits per heavy atom. The molecule has 0 fully saturated rings. The first-order chi connectivity index (χ1) is 7.86. The molecule has 0 aliphatic carbocycles. The summed E-state index contributed by atoms with van der Waals surface area (Å²) in [6.07, 6.45) is 4.95. The maximum atomic E-state index is 5.40. The van der Waals surface area contributed by atoms with Crippen LogP contribution in [0.15, 0.2) is 4.42 Å². The molecule has 5 nitrogen and oxygen atoms in total. The third-order valence-corrected chi connectivity index (χ3v) is 2.30. The number of nitrogens with zero attached hydrogens (tertiary/aromatic N) is 2. The summed E-state index contributed by atoms with van der Waals surface area (Å²) < 4.78 is 5.40. The largest absolute Gasteiger partial charge is 0.407 e. The fraction of sp³-hybridized carbons (Fsp3) is 0.818. The van der Waals surface area contributed by atoms with Crippen molar-refractivity contribution in [2.45, 2.75) is 46.1 Å². The van der Waals surface area contributed by atoms with Gasteiger partial charge in [-0.3, -0.25) is 0 Å². The van der Waals surface area contributed by atoms with E-state index >= 15 is 0 Å². The van der Waals surface area contributed by atoms with Gasteiger partial charge in [0.05, 0.1) is 6.54 Å². The van der Waals surface area contributed by atoms with E-state index in [0.717, 1.165) is 19.5 Å². The predicted molar refractivity (Wildman–Crippen MR) is 64.3 cm³/mol. The SMILES string of the molecule is CCCCCCNc1nnc(CNCC)o1. The predicted octanol–water partition coefficient (Wildman–Crippen LogP) is 2.17. The molecule has 2 N–H and O–H groups in total. The number of rotatable bonds is 9. The van der Waals surface area contributed by atoms with Crippen LogP contribution in [0, 0.1) is 0 Å². The summed E-state index contributed by atoms with van der Waals surface area (Å²) in [5, 5.41) is 14.1. The van der Waals surface area contributed by atoms with Crippen molar-refractivity contribution in [3.63, 3.8) is 0 Å². The van der Waals surface area contributed by atoms with Crippen LogP contribution in [0.4, 0.5) is 6.01 Å². The molecule has 16 heavy (non-hydrogen) atoms. The highest BCUT2D eigenvalue weighted by Gasteiger charge is 2.03. The van der Waals surface area contributed by atoms with Gasteiger partial charge in [-0.25, -0.2) is 0 Å². The summed E-state index contributed by atoms with van der Waals surface area (Å²) in [6, 6.07) is 0.532. The van der Waals surface area contributed by atoms with Crippen molar-refractivity contribution in [3.05, 3.63) is 5.89 Å². The maximum absolute atomic E-state index is 5.40. The molecule has 0 aromatic carbocycles. The number of nitrogens with one attached hydrogen (secondary N) is 2. The van der Waals surface area contributed by atoms with E-state index in [2.05, 4.69) is 27.8 Å². The minimum absolute atomic E-state index is 0.532. The van der Waals surface area contributed by atoms with Crippen LogP contribution in [-0.2, 0) is 6.54 Å². The van der Waals surface area contributed by atoms with Gasteiger partial charge in [-0.05, 0) is 13.0 Å². The Labute approximate surface area is 97.0 Å². The Hall–Kier alpha value is -1.10. The van der Waals surface area contributed by atoms with Gasteiger partial charge < -0.3 is 15.1 Å². The summed E-state index contributed by atoms with van der Waals surface area (Å²) in [7, 11) is 0. The molecule has 0 saturated carbocycles. The highest BCUT2D eigenvalue weighted by Crippen LogP contribution is 2.06. The molecule has 0 saturated heterocycles. The zero-order valence-electron chi connectivity index (χ0n) is 10.3. The molecule has 0 radical (unpaired) electrons. The quantitative estimate of drug-likeness (QED) is 0.632. The zero-order valence-corrected chi connectivity index (χ0v) is 10.3. The Kier molecular flexibility index (Phi) is 6.56. The summed E-state index contributed by atoms with van der Waals surface area (Å²) in [5.74, 6) is 0.637. The number of anilines is 1. The Morgan fingerprint density at radius 3 is 2.75 bits per heavy atom. The first-order valence-corrected chi connectivity index (χ1v) is 6.13. The van der Waals surface area contributed by atoms with Crippen molar-refractivity contribution in [2.75, 3.05) is 18.4 Å². The molecule has 0 unspecified atom stereocenters. The summed E-state index contributed by atoms with van der Waals surface area (Å²) in [5.41, 5.74) is 0. The van der Waals surface area contributed by atoms with Crippen LogP contribution < -0.4 is 10.6 Å². The minimum atomic E-state index is 0.532. The van der Waals surface area contributed by atoms with Crippen molar-refractivity contribution >= 4 is 6.01 Å². The molecule has 0 spiro atoms. The summed E-state index contributed by atoms with van der Waals surface area (Å²) in [4.78, 5) is 0. The minimum Gasteiger partial charge on any atom is -0.407 e. The summed E-state index contributed by atoms with van der Waals surface area (Å²) in [6.45, 7) is 6.70. The highest BCUT2D eigenvalue weighted by molar-refractivity contribution is 5.16. The first-order valence-electron chi connectivity index (χ1n) is 6.13. The molecule has 0 aliphatic heterocycles. The van der Waals surface area contributed by atoms with E-state index in [1.54, 1.807) is 0 Å². The van der Waals surface area contributed by atoms with Crippen molar-refractivity contribution < 1.29 is 4.42 Å². The van der Waals surface area contributed by atoms with Gasteiger partial charge >= 0.3 is 6.01 Å². The van der Waals surface area contributed by atoms with Crippen LogP contribution in [0.5, 0.6) is 0 Å². The van der Waals surface area contributed by atoms with Gasteiger partial charge in [0.25, 0.3) is 0 Å². The lowest BCUT2D eigenvalue weighted by molar-refractivity contribution is 0.480. The second kappa shape index (κ2) is 8.10. The summed E-state index contributed by atoms with van der Waals surface area (Å²) >= 11 is 0. The molecule has 0 amide bonds. The van der Waals surface area contributed by atoms with Crippen LogP contribution in [0.3, 0.4) is 0 Å². The van der Waals surface area contributed by atoms with E-state index in [9.17, 15) is 0 Å². The Balaban J connectivity index is 2.14. The van der Waals surface area contributed by atoms with Crippen LogP contribution in [0.2, 0.25) is 0 Å². The van der Waals surface area contributed by atoms with Crippen LogP contribution in [0.1, 0.15) is 45.4 Å². The maximum Gasteiger partial charge on any atom is 0.315 e. The number of hydrogen-bond donors (Lipinski definition) is 2. The third kappa shape index (κ3) is 5.11. The molecular formula is C11H22N4O. The molecule has 5 heteroatoms. The van der Waals surface area contributed by atoms with Crippen molar-refractivity contribution in [2.24, 2.45) is 0 Å². The van der Waals surface area contributed by atoms with Crippen LogP contribution >= 0.6 is 0 Å². The van der Waals surface area contributed by atoms with Gasteiger partial charge in [0.15, 0.2) is 0 Å². The Bertz CT molecular complexity index is 275. The molecule has 0 aliphatic rings. The van der Waals surface area contributed by atoms with Gasteiger partial charge in [-0.15, -0.1) is 5.10 Å². The highest BCUT2D eigenvalue weighted by atomic mass is 16.4. The third-order valence-electron chi connectivity index (χ3n) is 2.30. The Morgan fingerprint density at radius 1 is 1.12 bits per heavy atom. The van der Waals surface area contributed by atoms with E-state index in [-0.39, 0.29) is 0 Å². The number of hydrogen-bond acceptors (Lipinski definition) is 5. The van der Waals surface area contributed by atoms with Crippen LogP contribution in [-0.4, -0.2) is 23.3 Å². The first kappa shape index (κ1) is 13.0. The second-order valence-electron chi connectivity index (χ2n) is 3.77. The normalized spacial score (nSPS) is 10.6. The smallest absolute Gasteiger partial charge is 0.315 e. The molecule has 0 bridgehead atoms. The monoisotopic (exact) mass is 226 g/mol. The van der Waals surface area contributed by atoms with Gasteiger partial charge in [0.1, 0.15) is 0 Å². The molecular weight excluding hydrogens is 204 g/mol. The van der Waals surface area contributed by atoms with Crippen molar-refractivity contribution in [3.8, 4) is 0 Å².